The number of esters is 2. The highest BCUT2D eigenvalue weighted by Gasteiger charge is 2.28. The Morgan fingerprint density at radius 2 is 1.00 bits per heavy atom. The largest absolute Gasteiger partial charge is 0.478 e. The van der Waals surface area contributed by atoms with E-state index in [9.17, 15) is 29.4 Å². The maximum Gasteiger partial charge on any atom is 0.346 e. The van der Waals surface area contributed by atoms with Gasteiger partial charge in [0.1, 0.15) is 0 Å². The van der Waals surface area contributed by atoms with Gasteiger partial charge >= 0.3 is 23.9 Å². The summed E-state index contributed by atoms with van der Waals surface area (Å²) >= 11 is 0. The number of carboxylic acids is 2. The smallest absolute Gasteiger partial charge is 0.346 e. The normalized spacial score (nSPS) is 11.9. The Balaban J connectivity index is 0.000000492. The lowest BCUT2D eigenvalue weighted by Crippen LogP contribution is -2.08. The maximum atomic E-state index is 11.8. The molecule has 2 N–H and O–H groups in total. The van der Waals surface area contributed by atoms with E-state index in [2.05, 4.69) is 36.8 Å². The van der Waals surface area contributed by atoms with Gasteiger partial charge in [-0.15, -0.1) is 0 Å². The molecule has 4 rings (SSSR count). The molecule has 1 aliphatic heterocycles. The number of carboxylic acid groups (broad SMARTS) is 2. The summed E-state index contributed by atoms with van der Waals surface area (Å²) in [7, 11) is 0. The average Bonchev–Trinajstić information content (AvgIpc) is 3.40. The predicted molar refractivity (Wildman–Crippen MR) is 195 cm³/mol. The lowest BCUT2D eigenvalue weighted by atomic mass is 9.88. The molecular weight excluding hydrogens is 616 g/mol. The van der Waals surface area contributed by atoms with Gasteiger partial charge in [-0.25, -0.2) is 19.2 Å². The first-order valence-corrected chi connectivity index (χ1v) is 18.4. The molecule has 0 aliphatic carbocycles. The standard InChI is InChI=1S/C34H50O4.C8H4O3/c1-3-5-7-9-11-13-15-17-20-27-21-19-23-30(29(27)22-18-16-14-12-10-8-6-4-2)28-24-25-31(33(35)36)32(26-28)34(37)38;9-7-5-3-1-2-4-6(5)8(10)11-7/h19,21,23-26H,3-18,20,22H2,1-2H3,(H,35,36)(H,37,38);1-4H. The topological polar surface area (TPSA) is 118 Å². The summed E-state index contributed by atoms with van der Waals surface area (Å²) in [6.07, 6.45) is 22.5. The van der Waals surface area contributed by atoms with Crippen LogP contribution in [-0.2, 0) is 17.6 Å². The fraction of sp³-hybridized carbons (Fsp3) is 0.476. The van der Waals surface area contributed by atoms with Crippen LogP contribution in [0.3, 0.4) is 0 Å². The second-order valence-corrected chi connectivity index (χ2v) is 13.0. The quantitative estimate of drug-likeness (QED) is 0.0657. The number of aromatic carboxylic acids is 2. The Bertz CT molecular complexity index is 1490. The molecule has 0 fully saturated rings. The summed E-state index contributed by atoms with van der Waals surface area (Å²) < 4.78 is 4.35. The first-order valence-electron chi connectivity index (χ1n) is 18.4. The first-order chi connectivity index (χ1) is 23.8. The maximum absolute atomic E-state index is 11.8. The van der Waals surface area contributed by atoms with Crippen LogP contribution in [-0.4, -0.2) is 34.1 Å². The zero-order valence-corrected chi connectivity index (χ0v) is 29.4. The number of cyclic esters (lactones) is 2. The number of unbranched alkanes of at least 4 members (excludes halogenated alkanes) is 14. The van der Waals surface area contributed by atoms with Crippen molar-refractivity contribution < 1.29 is 34.1 Å². The van der Waals surface area contributed by atoms with Crippen LogP contribution in [0.2, 0.25) is 0 Å². The van der Waals surface area contributed by atoms with Crippen LogP contribution in [0, 0.1) is 0 Å². The Morgan fingerprint density at radius 1 is 0.531 bits per heavy atom. The number of rotatable bonds is 21. The summed E-state index contributed by atoms with van der Waals surface area (Å²) in [6.45, 7) is 4.50. The highest BCUT2D eigenvalue weighted by Crippen LogP contribution is 2.31. The minimum atomic E-state index is -1.21. The van der Waals surface area contributed by atoms with Crippen LogP contribution in [0.4, 0.5) is 0 Å². The zero-order valence-electron chi connectivity index (χ0n) is 29.4. The molecule has 1 heterocycles. The van der Waals surface area contributed by atoms with Crippen LogP contribution in [0.15, 0.2) is 60.7 Å². The summed E-state index contributed by atoms with van der Waals surface area (Å²) in [5.74, 6) is -3.52. The van der Waals surface area contributed by atoms with Gasteiger partial charge in [0.15, 0.2) is 0 Å². The summed E-state index contributed by atoms with van der Waals surface area (Å²) in [5.41, 5.74) is 4.90. The van der Waals surface area contributed by atoms with Crippen LogP contribution >= 0.6 is 0 Å². The van der Waals surface area contributed by atoms with E-state index in [1.54, 1.807) is 36.4 Å². The molecule has 264 valence electrons. The Morgan fingerprint density at radius 3 is 1.51 bits per heavy atom. The van der Waals surface area contributed by atoms with Crippen molar-refractivity contribution in [1.29, 1.82) is 0 Å². The molecule has 7 nitrogen and oxygen atoms in total. The number of carbonyl (C=O) groups is 4. The summed E-state index contributed by atoms with van der Waals surface area (Å²) in [5, 5.41) is 19.1. The van der Waals surface area contributed by atoms with E-state index in [1.165, 1.54) is 114 Å². The number of carbonyl (C=O) groups excluding carboxylic acids is 2. The molecule has 7 heteroatoms. The van der Waals surface area contributed by atoms with Gasteiger partial charge in [-0.3, -0.25) is 0 Å². The molecule has 0 aromatic heterocycles. The highest BCUT2D eigenvalue weighted by atomic mass is 16.6. The van der Waals surface area contributed by atoms with Crippen LogP contribution in [0.5, 0.6) is 0 Å². The van der Waals surface area contributed by atoms with E-state index in [4.69, 9.17) is 0 Å². The van der Waals surface area contributed by atoms with Crippen molar-refractivity contribution in [3.8, 4) is 11.1 Å². The van der Waals surface area contributed by atoms with Gasteiger partial charge in [-0.1, -0.05) is 140 Å². The fourth-order valence-electron chi connectivity index (χ4n) is 6.43. The highest BCUT2D eigenvalue weighted by molar-refractivity contribution is 6.14. The van der Waals surface area contributed by atoms with E-state index < -0.39 is 23.9 Å². The second-order valence-electron chi connectivity index (χ2n) is 13.0. The van der Waals surface area contributed by atoms with Gasteiger partial charge in [0.25, 0.3) is 0 Å². The molecule has 0 bridgehead atoms. The molecular formula is C42H54O7. The molecule has 0 amide bonds. The summed E-state index contributed by atoms with van der Waals surface area (Å²) in [6, 6.07) is 17.6. The molecule has 1 aliphatic rings. The number of hydrogen-bond donors (Lipinski definition) is 2. The number of aryl methyl sites for hydroxylation is 1. The molecule has 3 aromatic rings. The minimum Gasteiger partial charge on any atom is -0.478 e. The van der Waals surface area contributed by atoms with Crippen molar-refractivity contribution in [3.63, 3.8) is 0 Å². The van der Waals surface area contributed by atoms with E-state index in [0.717, 1.165) is 30.4 Å². The van der Waals surface area contributed by atoms with E-state index in [0.29, 0.717) is 11.1 Å². The molecule has 3 aromatic carbocycles. The number of hydrogen-bond acceptors (Lipinski definition) is 5. The lowest BCUT2D eigenvalue weighted by Gasteiger charge is -2.17. The minimum absolute atomic E-state index is 0.151. The molecule has 0 spiro atoms. The Hall–Kier alpha value is -4.26. The predicted octanol–water partition coefficient (Wildman–Crippen LogP) is 11.1. The monoisotopic (exact) mass is 670 g/mol. The second kappa shape index (κ2) is 21.7. The zero-order chi connectivity index (χ0) is 35.4. The van der Waals surface area contributed by atoms with Gasteiger partial charge in [0.05, 0.1) is 22.3 Å². The van der Waals surface area contributed by atoms with Crippen molar-refractivity contribution in [3.05, 3.63) is 94.0 Å². The van der Waals surface area contributed by atoms with Crippen molar-refractivity contribution >= 4 is 23.9 Å². The number of benzene rings is 3. The third-order valence-corrected chi connectivity index (χ3v) is 9.20. The SMILES string of the molecule is CCCCCCCCCCc1cccc(-c2ccc(C(=O)O)c(C(=O)O)c2)c1CCCCCCCCCC.O=C1OC(=O)c2ccccc21. The van der Waals surface area contributed by atoms with Crippen LogP contribution in [0.25, 0.3) is 11.1 Å². The summed E-state index contributed by atoms with van der Waals surface area (Å²) in [4.78, 5) is 45.1. The molecule has 0 radical (unpaired) electrons. The molecule has 49 heavy (non-hydrogen) atoms. The van der Waals surface area contributed by atoms with Gasteiger partial charge in [0.2, 0.25) is 0 Å². The van der Waals surface area contributed by atoms with Crippen molar-refractivity contribution in [2.75, 3.05) is 0 Å². The van der Waals surface area contributed by atoms with Gasteiger partial charge < -0.3 is 14.9 Å². The van der Waals surface area contributed by atoms with Crippen molar-refractivity contribution in [1.82, 2.24) is 0 Å². The Kier molecular flexibility index (Phi) is 17.3. The van der Waals surface area contributed by atoms with Crippen LogP contribution < -0.4 is 0 Å². The van der Waals surface area contributed by atoms with Gasteiger partial charge in [-0.2, -0.15) is 0 Å². The first kappa shape index (κ1) is 39.2. The average molecular weight is 671 g/mol. The lowest BCUT2D eigenvalue weighted by molar-refractivity contribution is 0.0442. The van der Waals surface area contributed by atoms with E-state index in [-0.39, 0.29) is 11.1 Å². The number of fused-ring (bicyclic) bond motifs is 1. The fourth-order valence-corrected chi connectivity index (χ4v) is 6.43. The van der Waals surface area contributed by atoms with Gasteiger partial charge in [-0.05, 0) is 72.2 Å². The molecule has 0 unspecified atom stereocenters. The number of ether oxygens (including phenoxy) is 1. The van der Waals surface area contributed by atoms with Gasteiger partial charge in [0, 0.05) is 0 Å². The van der Waals surface area contributed by atoms with Crippen LogP contribution in [0.1, 0.15) is 169 Å². The molecule has 0 saturated carbocycles. The van der Waals surface area contributed by atoms with E-state index in [1.807, 2.05) is 0 Å². The molecule has 0 saturated heterocycles. The molecule has 0 atom stereocenters. The van der Waals surface area contributed by atoms with E-state index >= 15 is 0 Å². The van der Waals surface area contributed by atoms with Crippen molar-refractivity contribution in [2.45, 2.75) is 129 Å². The third kappa shape index (κ3) is 12.6. The van der Waals surface area contributed by atoms with Crippen molar-refractivity contribution in [2.24, 2.45) is 0 Å². The Labute approximate surface area is 292 Å². The third-order valence-electron chi connectivity index (χ3n) is 9.20.